The Kier molecular flexibility index (Phi) is 6.01. The normalized spacial score (nSPS) is 18.9. The fourth-order valence-electron chi connectivity index (χ4n) is 4.02. The Morgan fingerprint density at radius 2 is 1.94 bits per heavy atom. The Balaban J connectivity index is 1.81. The lowest BCUT2D eigenvalue weighted by Crippen LogP contribution is -2.32. The second kappa shape index (κ2) is 8.91. The lowest BCUT2D eigenvalue weighted by Gasteiger charge is -2.25. The number of benzene rings is 2. The second-order valence-electron chi connectivity index (χ2n) is 8.07. The van der Waals surface area contributed by atoms with Gasteiger partial charge in [0.05, 0.1) is 16.5 Å². The molecule has 0 saturated carbocycles. The fraction of sp³-hybridized carbons (Fsp3) is 0.304. The number of non-ortho nitro benzene ring substituents is 1. The average molecular weight is 453 g/mol. The number of hydrogen-bond acceptors (Lipinski definition) is 8. The maximum Gasteiger partial charge on any atom is 0.295 e. The van der Waals surface area contributed by atoms with E-state index in [0.29, 0.717) is 30.0 Å². The molecule has 0 radical (unpaired) electrons. The number of carbonyl (C=O) groups is 2. The van der Waals surface area contributed by atoms with E-state index in [-0.39, 0.29) is 35.9 Å². The molecule has 2 aliphatic rings. The maximum absolute atomic E-state index is 13.1. The second-order valence-corrected chi connectivity index (χ2v) is 8.07. The van der Waals surface area contributed by atoms with Gasteiger partial charge in [-0.05, 0) is 50.8 Å². The number of rotatable bonds is 7. The summed E-state index contributed by atoms with van der Waals surface area (Å²) in [6, 6.07) is 9.49. The highest BCUT2D eigenvalue weighted by Gasteiger charge is 2.46. The van der Waals surface area contributed by atoms with Crippen molar-refractivity contribution in [1.82, 2.24) is 9.80 Å². The van der Waals surface area contributed by atoms with Crippen molar-refractivity contribution in [3.05, 3.63) is 69.3 Å². The summed E-state index contributed by atoms with van der Waals surface area (Å²) in [7, 11) is 3.79. The number of fused-ring (bicyclic) bond motifs is 1. The van der Waals surface area contributed by atoms with Gasteiger partial charge in [-0.1, -0.05) is 12.1 Å². The molecule has 1 fully saturated rings. The molecule has 4 rings (SSSR count). The number of nitro groups is 1. The number of Topliss-reactive ketones (excluding diaryl/α,β-unsaturated/α-hetero) is 1. The number of ether oxygens (including phenoxy) is 2. The Morgan fingerprint density at radius 1 is 1.18 bits per heavy atom. The quantitative estimate of drug-likeness (QED) is 0.223. The molecule has 0 spiro atoms. The van der Waals surface area contributed by atoms with Gasteiger partial charge in [-0.3, -0.25) is 19.7 Å². The van der Waals surface area contributed by atoms with Gasteiger partial charge in [0, 0.05) is 24.2 Å². The van der Waals surface area contributed by atoms with Crippen molar-refractivity contribution < 1.29 is 29.1 Å². The number of aliphatic hydroxyl groups is 1. The summed E-state index contributed by atoms with van der Waals surface area (Å²) >= 11 is 0. The molecule has 2 aromatic rings. The van der Waals surface area contributed by atoms with E-state index in [0.717, 1.165) is 0 Å². The van der Waals surface area contributed by atoms with Crippen molar-refractivity contribution in [1.29, 1.82) is 0 Å². The van der Waals surface area contributed by atoms with Crippen LogP contribution in [0, 0.1) is 10.1 Å². The highest BCUT2D eigenvalue weighted by molar-refractivity contribution is 6.46. The molecule has 33 heavy (non-hydrogen) atoms. The Labute approximate surface area is 189 Å². The van der Waals surface area contributed by atoms with Crippen LogP contribution in [0.2, 0.25) is 0 Å². The van der Waals surface area contributed by atoms with E-state index < -0.39 is 22.7 Å². The first-order valence-corrected chi connectivity index (χ1v) is 10.4. The van der Waals surface area contributed by atoms with Crippen LogP contribution in [0.15, 0.2) is 48.0 Å². The zero-order valence-corrected chi connectivity index (χ0v) is 18.2. The zero-order chi connectivity index (χ0) is 23.7. The fourth-order valence-corrected chi connectivity index (χ4v) is 4.02. The van der Waals surface area contributed by atoms with Crippen molar-refractivity contribution in [2.45, 2.75) is 12.5 Å². The summed E-state index contributed by atoms with van der Waals surface area (Å²) in [5.41, 5.74) is 0.357. The van der Waals surface area contributed by atoms with E-state index in [2.05, 4.69) is 0 Å². The largest absolute Gasteiger partial charge is 0.507 e. The van der Waals surface area contributed by atoms with Gasteiger partial charge in [-0.25, -0.2) is 0 Å². The third-order valence-electron chi connectivity index (χ3n) is 5.59. The van der Waals surface area contributed by atoms with Gasteiger partial charge in [-0.15, -0.1) is 0 Å². The van der Waals surface area contributed by atoms with Crippen LogP contribution in [0.4, 0.5) is 5.69 Å². The minimum absolute atomic E-state index is 0.0451. The van der Waals surface area contributed by atoms with Crippen LogP contribution < -0.4 is 9.47 Å². The number of likely N-dealkylation sites (tertiary alicyclic amines) is 1. The lowest BCUT2D eigenvalue weighted by molar-refractivity contribution is -0.384. The monoisotopic (exact) mass is 453 g/mol. The van der Waals surface area contributed by atoms with Crippen LogP contribution in [0.1, 0.15) is 23.6 Å². The molecule has 1 N–H and O–H groups in total. The van der Waals surface area contributed by atoms with Gasteiger partial charge < -0.3 is 24.4 Å². The highest BCUT2D eigenvalue weighted by atomic mass is 16.7. The zero-order valence-electron chi connectivity index (χ0n) is 18.2. The van der Waals surface area contributed by atoms with Gasteiger partial charge in [0.1, 0.15) is 5.76 Å². The van der Waals surface area contributed by atoms with Crippen molar-refractivity contribution in [3.63, 3.8) is 0 Å². The standard InChI is InChI=1S/C23H23N3O7/c1-24(2)9-4-10-25-20(14-5-3-6-16(11-14)26(30)31)19(22(28)23(25)29)21(27)15-7-8-17-18(12-15)33-13-32-17/h3,5-8,11-12,20,27H,4,9-10,13H2,1-2H3/t20-/m0/s1. The Hall–Kier alpha value is -3.92. The van der Waals surface area contributed by atoms with E-state index in [1.807, 2.05) is 19.0 Å². The topological polar surface area (TPSA) is 122 Å². The number of hydrogen-bond donors (Lipinski definition) is 1. The van der Waals surface area contributed by atoms with Crippen molar-refractivity contribution in [2.24, 2.45) is 0 Å². The van der Waals surface area contributed by atoms with E-state index in [9.17, 15) is 24.8 Å². The predicted molar refractivity (Wildman–Crippen MR) is 118 cm³/mol. The first-order valence-electron chi connectivity index (χ1n) is 10.4. The van der Waals surface area contributed by atoms with Crippen LogP contribution in [0.3, 0.4) is 0 Å². The highest BCUT2D eigenvalue weighted by Crippen LogP contribution is 2.42. The van der Waals surface area contributed by atoms with Gasteiger partial charge in [0.15, 0.2) is 11.5 Å². The molecule has 2 heterocycles. The van der Waals surface area contributed by atoms with Crippen LogP contribution in [0.5, 0.6) is 11.5 Å². The molecule has 1 amide bonds. The minimum atomic E-state index is -0.961. The summed E-state index contributed by atoms with van der Waals surface area (Å²) in [6.07, 6.45) is 0.579. The summed E-state index contributed by atoms with van der Waals surface area (Å²) in [6.45, 7) is 0.963. The molecule has 172 valence electrons. The maximum atomic E-state index is 13.1. The summed E-state index contributed by atoms with van der Waals surface area (Å²) < 4.78 is 10.6. The Morgan fingerprint density at radius 3 is 2.67 bits per heavy atom. The number of nitro benzene ring substituents is 1. The predicted octanol–water partition coefficient (Wildman–Crippen LogP) is 2.70. The summed E-state index contributed by atoms with van der Waals surface area (Å²) in [5.74, 6) is -1.06. The molecule has 0 aliphatic carbocycles. The summed E-state index contributed by atoms with van der Waals surface area (Å²) in [5, 5.41) is 22.5. The van der Waals surface area contributed by atoms with Gasteiger partial charge >= 0.3 is 0 Å². The molecule has 1 saturated heterocycles. The smallest absolute Gasteiger partial charge is 0.295 e. The summed E-state index contributed by atoms with van der Waals surface area (Å²) in [4.78, 5) is 40.1. The molecular formula is C23H23N3O7. The number of nitrogens with zero attached hydrogens (tertiary/aromatic N) is 3. The first-order chi connectivity index (χ1) is 15.8. The molecule has 0 unspecified atom stereocenters. The van der Waals surface area contributed by atoms with Gasteiger partial charge in [0.25, 0.3) is 17.4 Å². The van der Waals surface area contributed by atoms with Crippen molar-refractivity contribution in [3.8, 4) is 11.5 Å². The molecule has 0 aromatic heterocycles. The molecular weight excluding hydrogens is 430 g/mol. The van der Waals surface area contributed by atoms with Gasteiger partial charge in [-0.2, -0.15) is 0 Å². The third kappa shape index (κ3) is 4.24. The Bertz CT molecular complexity index is 1160. The SMILES string of the molecule is CN(C)CCCN1C(=O)C(=O)C(=C(O)c2ccc3c(c2)OCO3)[C@@H]1c1cccc([N+](=O)[O-])c1. The number of amides is 1. The molecule has 10 nitrogen and oxygen atoms in total. The number of aliphatic hydroxyl groups excluding tert-OH is 1. The van der Waals surface area contributed by atoms with Crippen LogP contribution in [-0.2, 0) is 9.59 Å². The number of ketones is 1. The third-order valence-corrected chi connectivity index (χ3v) is 5.59. The first kappa shape index (κ1) is 22.3. The van der Waals surface area contributed by atoms with E-state index in [4.69, 9.17) is 9.47 Å². The number of carbonyl (C=O) groups excluding carboxylic acids is 2. The van der Waals surface area contributed by atoms with Crippen molar-refractivity contribution in [2.75, 3.05) is 34.0 Å². The molecule has 1 atom stereocenters. The molecule has 2 aliphatic heterocycles. The van der Waals surface area contributed by atoms with Crippen LogP contribution in [0.25, 0.3) is 5.76 Å². The van der Waals surface area contributed by atoms with Gasteiger partial charge in [0.2, 0.25) is 6.79 Å². The minimum Gasteiger partial charge on any atom is -0.507 e. The molecule has 10 heteroatoms. The average Bonchev–Trinajstić information content (AvgIpc) is 3.36. The van der Waals surface area contributed by atoms with Crippen molar-refractivity contribution >= 4 is 23.1 Å². The van der Waals surface area contributed by atoms with Crippen LogP contribution in [-0.4, -0.2) is 65.5 Å². The lowest BCUT2D eigenvalue weighted by atomic mass is 9.95. The van der Waals surface area contributed by atoms with E-state index in [1.54, 1.807) is 18.2 Å². The molecule has 0 bridgehead atoms. The van der Waals surface area contributed by atoms with E-state index >= 15 is 0 Å². The molecule has 2 aromatic carbocycles. The van der Waals surface area contributed by atoms with Crippen LogP contribution >= 0.6 is 0 Å². The van der Waals surface area contributed by atoms with E-state index in [1.165, 1.54) is 29.2 Å².